The minimum Gasteiger partial charge on any atom is -0.486 e. The van der Waals surface area contributed by atoms with Gasteiger partial charge in [-0.3, -0.25) is 0 Å². The summed E-state index contributed by atoms with van der Waals surface area (Å²) in [6.07, 6.45) is -4.91. The fraction of sp³-hybridized carbons (Fsp3) is 0.364. The molecule has 1 aromatic rings. The number of carboxylic acid groups (broad SMARTS) is 1. The summed E-state index contributed by atoms with van der Waals surface area (Å²) >= 11 is 5.77. The van der Waals surface area contributed by atoms with E-state index in [1.165, 1.54) is 12.1 Å². The molecule has 0 aromatic heterocycles. The van der Waals surface area contributed by atoms with Crippen molar-refractivity contribution in [3.8, 4) is 5.75 Å². The Labute approximate surface area is 116 Å². The fourth-order valence-corrected chi connectivity index (χ4v) is 1.31. The lowest BCUT2D eigenvalue weighted by Crippen LogP contribution is -2.50. The zero-order valence-corrected chi connectivity index (χ0v) is 10.6. The molecular formula is C11H10ClF4NO3. The molecule has 1 heterocycles. The number of benzene rings is 1. The van der Waals surface area contributed by atoms with Crippen LogP contribution in [0.25, 0.3) is 0 Å². The van der Waals surface area contributed by atoms with E-state index in [-0.39, 0.29) is 11.9 Å². The van der Waals surface area contributed by atoms with Crippen molar-refractivity contribution in [3.05, 3.63) is 29.0 Å². The molecule has 0 spiro atoms. The van der Waals surface area contributed by atoms with Crippen molar-refractivity contribution in [2.75, 3.05) is 13.1 Å². The maximum Gasteiger partial charge on any atom is 0.490 e. The first kappa shape index (κ1) is 16.5. The van der Waals surface area contributed by atoms with Crippen LogP contribution in [0.1, 0.15) is 0 Å². The van der Waals surface area contributed by atoms with Gasteiger partial charge in [-0.2, -0.15) is 13.2 Å². The molecule has 0 radical (unpaired) electrons. The smallest absolute Gasteiger partial charge is 0.486 e. The van der Waals surface area contributed by atoms with E-state index in [1.807, 2.05) is 0 Å². The summed E-state index contributed by atoms with van der Waals surface area (Å²) in [5.74, 6) is -2.55. The highest BCUT2D eigenvalue weighted by Crippen LogP contribution is 2.26. The standard InChI is InChI=1S/C9H9ClFNO.C2HF3O2/c10-8-3-6(11)1-2-9(8)13-7-4-12-5-7;3-2(4,5)1(6)7/h1-3,7,12H,4-5H2;(H,6,7). The third-order valence-corrected chi connectivity index (χ3v) is 2.47. The number of alkyl halides is 3. The minimum absolute atomic E-state index is 0.169. The lowest BCUT2D eigenvalue weighted by molar-refractivity contribution is -0.192. The Morgan fingerprint density at radius 1 is 1.40 bits per heavy atom. The summed E-state index contributed by atoms with van der Waals surface area (Å²) in [6.45, 7) is 1.65. The monoisotopic (exact) mass is 315 g/mol. The molecule has 20 heavy (non-hydrogen) atoms. The summed E-state index contributed by atoms with van der Waals surface area (Å²) in [4.78, 5) is 8.90. The highest BCUT2D eigenvalue weighted by atomic mass is 35.5. The molecule has 0 bridgehead atoms. The number of hydrogen-bond donors (Lipinski definition) is 2. The van der Waals surface area contributed by atoms with E-state index >= 15 is 0 Å². The van der Waals surface area contributed by atoms with Crippen LogP contribution in [-0.2, 0) is 4.79 Å². The van der Waals surface area contributed by atoms with Crippen molar-refractivity contribution in [1.29, 1.82) is 0 Å². The SMILES string of the molecule is Fc1ccc(OC2CNC2)c(Cl)c1.O=C(O)C(F)(F)F. The van der Waals surface area contributed by atoms with Crippen molar-refractivity contribution >= 4 is 17.6 Å². The topological polar surface area (TPSA) is 58.6 Å². The molecule has 1 aromatic carbocycles. The summed E-state index contributed by atoms with van der Waals surface area (Å²) in [5.41, 5.74) is 0. The number of carboxylic acids is 1. The second-order valence-electron chi connectivity index (χ2n) is 3.78. The van der Waals surface area contributed by atoms with Crippen LogP contribution in [0.3, 0.4) is 0 Å². The highest BCUT2D eigenvalue weighted by molar-refractivity contribution is 6.32. The quantitative estimate of drug-likeness (QED) is 0.823. The number of nitrogens with one attached hydrogen (secondary N) is 1. The van der Waals surface area contributed by atoms with Crippen LogP contribution in [0, 0.1) is 5.82 Å². The molecule has 2 rings (SSSR count). The summed E-state index contributed by atoms with van der Waals surface area (Å²) < 4.78 is 49.8. The van der Waals surface area contributed by atoms with Crippen molar-refractivity contribution in [2.45, 2.75) is 12.3 Å². The molecule has 1 fully saturated rings. The Kier molecular flexibility index (Phi) is 5.58. The van der Waals surface area contributed by atoms with Crippen LogP contribution in [-0.4, -0.2) is 36.4 Å². The fourth-order valence-electron chi connectivity index (χ4n) is 1.10. The highest BCUT2D eigenvalue weighted by Gasteiger charge is 2.38. The minimum atomic E-state index is -5.08. The van der Waals surface area contributed by atoms with Gasteiger partial charge in [-0.05, 0) is 18.2 Å². The molecule has 0 aliphatic carbocycles. The van der Waals surface area contributed by atoms with E-state index in [0.29, 0.717) is 10.8 Å². The molecule has 1 aliphatic rings. The number of halogens is 5. The molecule has 0 saturated carbocycles. The van der Waals surface area contributed by atoms with Gasteiger partial charge in [0.25, 0.3) is 0 Å². The van der Waals surface area contributed by atoms with Crippen molar-refractivity contribution in [3.63, 3.8) is 0 Å². The largest absolute Gasteiger partial charge is 0.490 e. The van der Waals surface area contributed by atoms with Crippen molar-refractivity contribution in [2.24, 2.45) is 0 Å². The average Bonchev–Trinajstić information content (AvgIpc) is 2.25. The van der Waals surface area contributed by atoms with Gasteiger partial charge < -0.3 is 15.2 Å². The van der Waals surface area contributed by atoms with Gasteiger partial charge in [0, 0.05) is 13.1 Å². The Bertz CT molecular complexity index is 477. The molecule has 0 unspecified atom stereocenters. The van der Waals surface area contributed by atoms with E-state index in [1.54, 1.807) is 6.07 Å². The Morgan fingerprint density at radius 3 is 2.30 bits per heavy atom. The number of aliphatic carboxylic acids is 1. The molecule has 112 valence electrons. The van der Waals surface area contributed by atoms with Gasteiger partial charge in [-0.25, -0.2) is 9.18 Å². The van der Waals surface area contributed by atoms with E-state index < -0.39 is 12.1 Å². The molecule has 4 nitrogen and oxygen atoms in total. The van der Waals surface area contributed by atoms with Gasteiger partial charge in [-0.1, -0.05) is 11.6 Å². The van der Waals surface area contributed by atoms with Crippen LogP contribution in [0.4, 0.5) is 17.6 Å². The lowest BCUT2D eigenvalue weighted by Gasteiger charge is -2.28. The van der Waals surface area contributed by atoms with Crippen LogP contribution in [0.15, 0.2) is 18.2 Å². The summed E-state index contributed by atoms with van der Waals surface area (Å²) in [7, 11) is 0. The first-order valence-electron chi connectivity index (χ1n) is 5.32. The summed E-state index contributed by atoms with van der Waals surface area (Å²) in [6, 6.07) is 4.15. The van der Waals surface area contributed by atoms with E-state index in [4.69, 9.17) is 26.2 Å². The van der Waals surface area contributed by atoms with E-state index in [9.17, 15) is 17.6 Å². The zero-order chi connectivity index (χ0) is 15.3. The van der Waals surface area contributed by atoms with Gasteiger partial charge in [0.2, 0.25) is 0 Å². The third kappa shape index (κ3) is 5.22. The second kappa shape index (κ2) is 6.76. The van der Waals surface area contributed by atoms with Gasteiger partial charge in [-0.15, -0.1) is 0 Å². The van der Waals surface area contributed by atoms with Crippen LogP contribution in [0.5, 0.6) is 5.75 Å². The third-order valence-electron chi connectivity index (χ3n) is 2.17. The molecule has 9 heteroatoms. The normalized spacial score (nSPS) is 14.8. The molecule has 1 saturated heterocycles. The van der Waals surface area contributed by atoms with Gasteiger partial charge in [0.05, 0.1) is 5.02 Å². The number of rotatable bonds is 2. The van der Waals surface area contributed by atoms with Gasteiger partial charge in [0.15, 0.2) is 0 Å². The number of ether oxygens (including phenoxy) is 1. The van der Waals surface area contributed by atoms with E-state index in [2.05, 4.69) is 5.32 Å². The molecule has 2 N–H and O–H groups in total. The van der Waals surface area contributed by atoms with Gasteiger partial charge in [0.1, 0.15) is 17.7 Å². The summed E-state index contributed by atoms with van der Waals surface area (Å²) in [5, 5.41) is 10.5. The number of carbonyl (C=O) groups is 1. The lowest BCUT2D eigenvalue weighted by atomic mass is 10.2. The molecule has 1 aliphatic heterocycles. The van der Waals surface area contributed by atoms with Crippen molar-refractivity contribution < 1.29 is 32.2 Å². The first-order valence-corrected chi connectivity index (χ1v) is 5.70. The molecule has 0 amide bonds. The first-order chi connectivity index (χ1) is 9.20. The predicted molar refractivity (Wildman–Crippen MR) is 62.4 cm³/mol. The van der Waals surface area contributed by atoms with Crippen LogP contribution >= 0.6 is 11.6 Å². The Morgan fingerprint density at radius 2 is 1.95 bits per heavy atom. The zero-order valence-electron chi connectivity index (χ0n) is 9.88. The molecule has 0 atom stereocenters. The maximum absolute atomic E-state index is 12.6. The average molecular weight is 316 g/mol. The van der Waals surface area contributed by atoms with E-state index in [0.717, 1.165) is 13.1 Å². The Balaban J connectivity index is 0.000000246. The predicted octanol–water partition coefficient (Wildman–Crippen LogP) is 2.46. The Hall–Kier alpha value is -1.54. The van der Waals surface area contributed by atoms with Gasteiger partial charge >= 0.3 is 12.1 Å². The molecular weight excluding hydrogens is 306 g/mol. The second-order valence-corrected chi connectivity index (χ2v) is 4.18. The number of hydrogen-bond acceptors (Lipinski definition) is 3. The van der Waals surface area contributed by atoms with Crippen LogP contribution in [0.2, 0.25) is 5.02 Å². The van der Waals surface area contributed by atoms with Crippen LogP contribution < -0.4 is 10.1 Å². The maximum atomic E-state index is 12.6. The van der Waals surface area contributed by atoms with Crippen molar-refractivity contribution in [1.82, 2.24) is 5.32 Å².